The summed E-state index contributed by atoms with van der Waals surface area (Å²) >= 11 is 1.73. The number of hydrogen-bond acceptors (Lipinski definition) is 3. The molecule has 0 unspecified atom stereocenters. The molecule has 0 radical (unpaired) electrons. The number of nitrogens with zero attached hydrogens (tertiary/aromatic N) is 1. The van der Waals surface area contributed by atoms with Gasteiger partial charge in [0.05, 0.1) is 4.88 Å². The van der Waals surface area contributed by atoms with Gasteiger partial charge >= 0.3 is 0 Å². The summed E-state index contributed by atoms with van der Waals surface area (Å²) in [5.74, 6) is 1.03. The van der Waals surface area contributed by atoms with Crippen LogP contribution >= 0.6 is 19.3 Å². The van der Waals surface area contributed by atoms with Gasteiger partial charge in [-0.05, 0) is 35.9 Å². The third kappa shape index (κ3) is 4.41. The van der Waals surface area contributed by atoms with Crippen molar-refractivity contribution in [3.63, 3.8) is 0 Å². The van der Waals surface area contributed by atoms with Crippen molar-refractivity contribution in [3.05, 3.63) is 149 Å². The highest BCUT2D eigenvalue weighted by atomic mass is 32.1. The molecule has 0 saturated carbocycles. The second-order valence-electron chi connectivity index (χ2n) is 9.83. The molecule has 0 fully saturated rings. The molecule has 1 aliphatic heterocycles. The van der Waals surface area contributed by atoms with Crippen molar-refractivity contribution in [2.45, 2.75) is 25.5 Å². The minimum Gasteiger partial charge on any atom is -0.458 e. The highest BCUT2D eigenvalue weighted by Gasteiger charge is 2.51. The molecule has 1 aliphatic rings. The Kier molecular flexibility index (Phi) is 6.98. The summed E-state index contributed by atoms with van der Waals surface area (Å²) in [6.45, 7) is 4.49. The molecule has 188 valence electrons. The standard InChI is InChI=1S/C34H30NOPS/c1-25(2)32-34(26-15-7-3-8-16-26,27-17-9-4-10-18-27)36-33(35-32)31-30(23-24-38-31)37(28-19-11-5-12-20-28)29-21-13-6-14-22-29/h3-25,32H,1-2H3/t32-/m0/s1. The summed E-state index contributed by atoms with van der Waals surface area (Å²) in [6, 6.07) is 45.1. The van der Waals surface area contributed by atoms with Crippen LogP contribution in [0.15, 0.2) is 138 Å². The van der Waals surface area contributed by atoms with Crippen LogP contribution in [-0.4, -0.2) is 11.9 Å². The third-order valence-electron chi connectivity index (χ3n) is 7.08. The van der Waals surface area contributed by atoms with Gasteiger partial charge in [0.25, 0.3) is 0 Å². The Morgan fingerprint density at radius 3 is 1.63 bits per heavy atom. The molecular formula is C34H30NOPS. The van der Waals surface area contributed by atoms with E-state index in [2.05, 4.69) is 147 Å². The zero-order chi connectivity index (χ0) is 26.0. The van der Waals surface area contributed by atoms with Gasteiger partial charge in [0.2, 0.25) is 5.90 Å². The molecule has 0 N–H and O–H groups in total. The average Bonchev–Trinajstić information content (AvgIpc) is 3.62. The Balaban J connectivity index is 1.51. The lowest BCUT2D eigenvalue weighted by Crippen LogP contribution is -2.41. The van der Waals surface area contributed by atoms with E-state index in [9.17, 15) is 0 Å². The number of benzene rings is 4. The van der Waals surface area contributed by atoms with Crippen LogP contribution in [0.2, 0.25) is 0 Å². The zero-order valence-electron chi connectivity index (χ0n) is 21.6. The molecule has 0 amide bonds. The van der Waals surface area contributed by atoms with Crippen LogP contribution < -0.4 is 15.9 Å². The summed E-state index contributed by atoms with van der Waals surface area (Å²) in [7, 11) is -0.765. The SMILES string of the molecule is CC(C)[C@@H]1N=C(c2sccc2P(c2ccccc2)c2ccccc2)OC1(c1ccccc1)c1ccccc1. The summed E-state index contributed by atoms with van der Waals surface area (Å²) in [5, 5.41) is 6.13. The van der Waals surface area contributed by atoms with Crippen LogP contribution in [0.25, 0.3) is 0 Å². The Bertz CT molecular complexity index is 1440. The maximum absolute atomic E-state index is 7.17. The van der Waals surface area contributed by atoms with E-state index in [0.29, 0.717) is 0 Å². The fourth-order valence-corrected chi connectivity index (χ4v) is 8.97. The first kappa shape index (κ1) is 24.8. The molecule has 4 heteroatoms. The Morgan fingerprint density at radius 2 is 1.16 bits per heavy atom. The van der Waals surface area contributed by atoms with Crippen LogP contribution in [0.5, 0.6) is 0 Å². The van der Waals surface area contributed by atoms with Gasteiger partial charge in [0.1, 0.15) is 6.04 Å². The molecule has 0 saturated heterocycles. The second-order valence-corrected chi connectivity index (χ2v) is 12.9. The molecule has 1 aromatic heterocycles. The topological polar surface area (TPSA) is 21.6 Å². The van der Waals surface area contributed by atoms with Gasteiger partial charge < -0.3 is 4.74 Å². The van der Waals surface area contributed by atoms with Gasteiger partial charge in [0, 0.05) is 16.4 Å². The van der Waals surface area contributed by atoms with Crippen LogP contribution in [0.1, 0.15) is 29.9 Å². The monoisotopic (exact) mass is 531 g/mol. The number of ether oxygens (including phenoxy) is 1. The summed E-state index contributed by atoms with van der Waals surface area (Å²) < 4.78 is 7.17. The van der Waals surface area contributed by atoms with Crippen molar-refractivity contribution >= 4 is 41.1 Å². The van der Waals surface area contributed by atoms with Crippen LogP contribution in [0.3, 0.4) is 0 Å². The molecule has 0 spiro atoms. The van der Waals surface area contributed by atoms with E-state index in [1.54, 1.807) is 11.3 Å². The molecule has 6 rings (SSSR count). The van der Waals surface area contributed by atoms with Crippen LogP contribution in [0, 0.1) is 5.92 Å². The molecular weight excluding hydrogens is 501 g/mol. The summed E-state index contributed by atoms with van der Waals surface area (Å²) in [4.78, 5) is 6.51. The van der Waals surface area contributed by atoms with Crippen molar-refractivity contribution in [2.75, 3.05) is 0 Å². The van der Waals surface area contributed by atoms with E-state index in [4.69, 9.17) is 9.73 Å². The third-order valence-corrected chi connectivity index (χ3v) is 10.6. The maximum atomic E-state index is 7.17. The lowest BCUT2D eigenvalue weighted by Gasteiger charge is -2.36. The van der Waals surface area contributed by atoms with Crippen molar-refractivity contribution < 1.29 is 4.74 Å². The Labute approximate surface area is 230 Å². The Morgan fingerprint density at radius 1 is 0.684 bits per heavy atom. The number of aliphatic imine (C=N–C) groups is 1. The first-order valence-electron chi connectivity index (χ1n) is 13.0. The van der Waals surface area contributed by atoms with Crippen LogP contribution in [0.4, 0.5) is 0 Å². The van der Waals surface area contributed by atoms with Crippen molar-refractivity contribution in [1.29, 1.82) is 0 Å². The average molecular weight is 532 g/mol. The fraction of sp³-hybridized carbons (Fsp3) is 0.147. The number of thiophene rings is 1. The zero-order valence-corrected chi connectivity index (χ0v) is 23.3. The second kappa shape index (κ2) is 10.7. The van der Waals surface area contributed by atoms with Crippen LogP contribution in [-0.2, 0) is 10.3 Å². The molecule has 2 nitrogen and oxygen atoms in total. The highest BCUT2D eigenvalue weighted by Crippen LogP contribution is 2.47. The molecule has 5 aromatic rings. The van der Waals surface area contributed by atoms with Gasteiger partial charge in [0.15, 0.2) is 5.60 Å². The number of hydrogen-bond donors (Lipinski definition) is 0. The van der Waals surface area contributed by atoms with Gasteiger partial charge in [-0.3, -0.25) is 0 Å². The minimum absolute atomic E-state index is 0.0584. The lowest BCUT2D eigenvalue weighted by atomic mass is 9.76. The van der Waals surface area contributed by atoms with E-state index in [0.717, 1.165) is 21.9 Å². The first-order valence-corrected chi connectivity index (χ1v) is 15.3. The van der Waals surface area contributed by atoms with E-state index >= 15 is 0 Å². The van der Waals surface area contributed by atoms with Crippen molar-refractivity contribution in [1.82, 2.24) is 0 Å². The highest BCUT2D eigenvalue weighted by molar-refractivity contribution is 7.80. The van der Waals surface area contributed by atoms with E-state index in [1.165, 1.54) is 15.9 Å². The summed E-state index contributed by atoms with van der Waals surface area (Å²) in [6.07, 6.45) is 0. The van der Waals surface area contributed by atoms with Gasteiger partial charge in [-0.25, -0.2) is 4.99 Å². The quantitative estimate of drug-likeness (QED) is 0.203. The first-order chi connectivity index (χ1) is 18.7. The smallest absolute Gasteiger partial charge is 0.228 e. The number of rotatable bonds is 7. The lowest BCUT2D eigenvalue weighted by molar-refractivity contribution is 0.0818. The van der Waals surface area contributed by atoms with E-state index in [1.807, 2.05) is 0 Å². The molecule has 0 bridgehead atoms. The molecule has 4 aromatic carbocycles. The van der Waals surface area contributed by atoms with Gasteiger partial charge in [-0.2, -0.15) is 0 Å². The van der Waals surface area contributed by atoms with Crippen molar-refractivity contribution in [3.8, 4) is 0 Å². The van der Waals surface area contributed by atoms with Crippen molar-refractivity contribution in [2.24, 2.45) is 10.9 Å². The normalized spacial score (nSPS) is 16.4. The largest absolute Gasteiger partial charge is 0.458 e. The van der Waals surface area contributed by atoms with E-state index < -0.39 is 13.5 Å². The molecule has 0 aliphatic carbocycles. The molecule has 1 atom stereocenters. The minimum atomic E-state index is -0.765. The molecule has 38 heavy (non-hydrogen) atoms. The van der Waals surface area contributed by atoms with E-state index in [-0.39, 0.29) is 12.0 Å². The van der Waals surface area contributed by atoms with Gasteiger partial charge in [-0.1, -0.05) is 135 Å². The predicted molar refractivity (Wildman–Crippen MR) is 163 cm³/mol. The van der Waals surface area contributed by atoms with Gasteiger partial charge in [-0.15, -0.1) is 11.3 Å². The summed E-state index contributed by atoms with van der Waals surface area (Å²) in [5.41, 5.74) is 1.58. The Hall–Kier alpha value is -3.52. The fourth-order valence-electron chi connectivity index (χ4n) is 5.40. The molecule has 2 heterocycles. The maximum Gasteiger partial charge on any atom is 0.228 e. The predicted octanol–water partition coefficient (Wildman–Crippen LogP) is 7.25.